The lowest BCUT2D eigenvalue weighted by molar-refractivity contribution is -0.160. The maximum atomic E-state index is 12.5. The number of hydrogen-bond donors (Lipinski definition) is 1. The molecule has 1 saturated heterocycles. The van der Waals surface area contributed by atoms with Crippen LogP contribution >= 0.6 is 23.5 Å². The SMILES string of the molecule is N/C(=N/OS(=O)(=O)C1=CCC(C(F)(F)F)C=C1)C1CSCCS1. The highest BCUT2D eigenvalue weighted by Crippen LogP contribution is 2.34. The van der Waals surface area contributed by atoms with Crippen LogP contribution in [0.5, 0.6) is 0 Å². The topological polar surface area (TPSA) is 81.8 Å². The number of halogens is 3. The Kier molecular flexibility index (Phi) is 5.95. The van der Waals surface area contributed by atoms with Gasteiger partial charge in [0.25, 0.3) is 0 Å². The second-order valence-electron chi connectivity index (χ2n) is 4.83. The summed E-state index contributed by atoms with van der Waals surface area (Å²) in [4.78, 5) is -0.347. The molecule has 2 aliphatic rings. The van der Waals surface area contributed by atoms with Gasteiger partial charge in [0.15, 0.2) is 5.84 Å². The van der Waals surface area contributed by atoms with Gasteiger partial charge in [0, 0.05) is 17.3 Å². The Balaban J connectivity index is 2.00. The van der Waals surface area contributed by atoms with Gasteiger partial charge in [-0.15, -0.1) is 11.8 Å². The second kappa shape index (κ2) is 7.39. The molecule has 1 aliphatic carbocycles. The van der Waals surface area contributed by atoms with E-state index in [9.17, 15) is 21.6 Å². The third kappa shape index (κ3) is 5.08. The van der Waals surface area contributed by atoms with Crippen molar-refractivity contribution in [3.05, 3.63) is 23.1 Å². The van der Waals surface area contributed by atoms with Crippen molar-refractivity contribution in [3.8, 4) is 0 Å². The highest BCUT2D eigenvalue weighted by molar-refractivity contribution is 8.07. The van der Waals surface area contributed by atoms with Crippen molar-refractivity contribution < 1.29 is 25.9 Å². The number of thioether (sulfide) groups is 2. The van der Waals surface area contributed by atoms with E-state index in [0.29, 0.717) is 5.75 Å². The van der Waals surface area contributed by atoms with E-state index in [4.69, 9.17) is 5.73 Å². The molecule has 130 valence electrons. The Hall–Kier alpha value is -0.810. The van der Waals surface area contributed by atoms with E-state index < -0.39 is 28.6 Å². The van der Waals surface area contributed by atoms with Gasteiger partial charge in [-0.25, -0.2) is 0 Å². The quantitative estimate of drug-likeness (QED) is 0.453. The van der Waals surface area contributed by atoms with Crippen molar-refractivity contribution in [2.24, 2.45) is 16.8 Å². The van der Waals surface area contributed by atoms with Crippen LogP contribution in [0.4, 0.5) is 13.2 Å². The number of alkyl halides is 3. The Bertz CT molecular complexity index is 623. The molecule has 2 atom stereocenters. The molecule has 23 heavy (non-hydrogen) atoms. The lowest BCUT2D eigenvalue weighted by Crippen LogP contribution is -2.31. The molecule has 0 spiro atoms. The summed E-state index contributed by atoms with van der Waals surface area (Å²) >= 11 is 3.23. The predicted molar refractivity (Wildman–Crippen MR) is 86.6 cm³/mol. The summed E-state index contributed by atoms with van der Waals surface area (Å²) in [5.74, 6) is 0.945. The molecule has 2 rings (SSSR count). The van der Waals surface area contributed by atoms with Crippen molar-refractivity contribution >= 4 is 39.5 Å². The van der Waals surface area contributed by atoms with Crippen LogP contribution in [0.25, 0.3) is 0 Å². The molecule has 0 radical (unpaired) electrons. The fraction of sp³-hybridized carbons (Fsp3) is 0.583. The van der Waals surface area contributed by atoms with Crippen LogP contribution in [-0.2, 0) is 14.4 Å². The second-order valence-corrected chi connectivity index (χ2v) is 8.82. The van der Waals surface area contributed by atoms with Crippen LogP contribution in [-0.4, -0.2) is 42.9 Å². The molecule has 2 N–H and O–H groups in total. The van der Waals surface area contributed by atoms with Crippen LogP contribution < -0.4 is 5.73 Å². The van der Waals surface area contributed by atoms with E-state index in [2.05, 4.69) is 9.44 Å². The van der Waals surface area contributed by atoms with Gasteiger partial charge in [0.05, 0.1) is 11.2 Å². The molecule has 0 saturated carbocycles. The van der Waals surface area contributed by atoms with Gasteiger partial charge in [-0.3, -0.25) is 4.28 Å². The minimum absolute atomic E-state index is 0.0549. The molecular weight excluding hydrogens is 373 g/mol. The minimum atomic E-state index is -4.40. The number of rotatable bonds is 4. The summed E-state index contributed by atoms with van der Waals surface area (Å²) in [6, 6.07) is 0. The van der Waals surface area contributed by atoms with Gasteiger partial charge in [0.1, 0.15) is 4.91 Å². The van der Waals surface area contributed by atoms with Gasteiger partial charge >= 0.3 is 16.3 Å². The molecule has 5 nitrogen and oxygen atoms in total. The third-order valence-corrected chi connectivity index (χ3v) is 7.09. The smallest absolute Gasteiger partial charge is 0.383 e. The van der Waals surface area contributed by atoms with Crippen molar-refractivity contribution in [2.75, 3.05) is 17.3 Å². The van der Waals surface area contributed by atoms with Crippen LogP contribution in [0.3, 0.4) is 0 Å². The maximum Gasteiger partial charge on any atom is 0.395 e. The molecule has 0 aromatic carbocycles. The summed E-state index contributed by atoms with van der Waals surface area (Å²) in [6.45, 7) is 0. The summed E-state index contributed by atoms with van der Waals surface area (Å²) in [7, 11) is -4.26. The lowest BCUT2D eigenvalue weighted by atomic mass is 10.0. The first-order valence-corrected chi connectivity index (χ1v) is 10.2. The first-order valence-electron chi connectivity index (χ1n) is 6.61. The number of hydrogen-bond acceptors (Lipinski definition) is 6. The van der Waals surface area contributed by atoms with E-state index in [1.807, 2.05) is 0 Å². The van der Waals surface area contributed by atoms with Gasteiger partial charge in [-0.05, 0) is 12.5 Å². The average Bonchev–Trinajstić information content (AvgIpc) is 2.53. The minimum Gasteiger partial charge on any atom is -0.383 e. The molecule has 0 amide bonds. The van der Waals surface area contributed by atoms with E-state index in [-0.39, 0.29) is 16.0 Å². The van der Waals surface area contributed by atoms with Crippen molar-refractivity contribution in [1.82, 2.24) is 0 Å². The maximum absolute atomic E-state index is 12.5. The molecule has 1 aliphatic heterocycles. The van der Waals surface area contributed by atoms with Crippen molar-refractivity contribution in [3.63, 3.8) is 0 Å². The molecule has 0 aromatic rings. The molecule has 0 aromatic heterocycles. The standard InChI is InChI=1S/C12H15F3N2O3S3/c13-12(14,15)8-1-3-9(4-2-8)23(18,19)20-17-11(16)10-7-21-5-6-22-10/h1,3-4,8,10H,2,5-7H2,(H2,16,17). The molecule has 1 heterocycles. The first-order chi connectivity index (χ1) is 10.7. The van der Waals surface area contributed by atoms with E-state index in [0.717, 1.165) is 29.7 Å². The van der Waals surface area contributed by atoms with E-state index in [1.165, 1.54) is 0 Å². The molecule has 0 bridgehead atoms. The predicted octanol–water partition coefficient (Wildman–Crippen LogP) is 2.48. The summed E-state index contributed by atoms with van der Waals surface area (Å²) < 4.78 is 65.9. The van der Waals surface area contributed by atoms with Crippen molar-refractivity contribution in [2.45, 2.75) is 17.8 Å². The summed E-state index contributed by atoms with van der Waals surface area (Å²) in [5.41, 5.74) is 5.70. The normalized spacial score (nSPS) is 26.7. The van der Waals surface area contributed by atoms with E-state index in [1.54, 1.807) is 23.5 Å². The fourth-order valence-corrected chi connectivity index (χ4v) is 5.28. The zero-order chi connectivity index (χ0) is 17.1. The van der Waals surface area contributed by atoms with Gasteiger partial charge in [-0.2, -0.15) is 33.4 Å². The number of allylic oxidation sites excluding steroid dienone is 3. The highest BCUT2D eigenvalue weighted by Gasteiger charge is 2.38. The number of nitrogens with zero attached hydrogens (tertiary/aromatic N) is 1. The largest absolute Gasteiger partial charge is 0.395 e. The molecule has 2 unspecified atom stereocenters. The highest BCUT2D eigenvalue weighted by atomic mass is 32.2. The van der Waals surface area contributed by atoms with Crippen molar-refractivity contribution in [1.29, 1.82) is 0 Å². The zero-order valence-electron chi connectivity index (χ0n) is 11.8. The summed E-state index contributed by atoms with van der Waals surface area (Å²) in [5, 5.41) is 3.31. The lowest BCUT2D eigenvalue weighted by Gasteiger charge is -2.20. The fourth-order valence-electron chi connectivity index (χ4n) is 1.88. The number of amidine groups is 1. The average molecular weight is 388 g/mol. The Morgan fingerprint density at radius 2 is 2.13 bits per heavy atom. The monoisotopic (exact) mass is 388 g/mol. The number of oxime groups is 1. The Morgan fingerprint density at radius 3 is 2.65 bits per heavy atom. The first kappa shape index (κ1) is 18.5. The van der Waals surface area contributed by atoms with Crippen LogP contribution in [0.2, 0.25) is 0 Å². The van der Waals surface area contributed by atoms with Gasteiger partial charge in [0.2, 0.25) is 0 Å². The van der Waals surface area contributed by atoms with Crippen LogP contribution in [0.15, 0.2) is 28.3 Å². The Morgan fingerprint density at radius 1 is 1.39 bits per heavy atom. The molecule has 11 heteroatoms. The van der Waals surface area contributed by atoms with Crippen LogP contribution in [0, 0.1) is 5.92 Å². The number of nitrogens with two attached hydrogens (primary N) is 1. The van der Waals surface area contributed by atoms with Gasteiger partial charge in [-0.1, -0.05) is 17.3 Å². The van der Waals surface area contributed by atoms with E-state index >= 15 is 0 Å². The third-order valence-electron chi connectivity index (χ3n) is 3.16. The Labute approximate surface area is 140 Å². The van der Waals surface area contributed by atoms with Crippen LogP contribution in [0.1, 0.15) is 6.42 Å². The molecule has 1 fully saturated rings. The summed E-state index contributed by atoms with van der Waals surface area (Å²) in [6.07, 6.45) is -2.19. The molecular formula is C12H15F3N2O3S3. The zero-order valence-corrected chi connectivity index (χ0v) is 14.3. The van der Waals surface area contributed by atoms with Gasteiger partial charge < -0.3 is 5.73 Å².